The Morgan fingerprint density at radius 1 is 1.39 bits per heavy atom. The van der Waals surface area contributed by atoms with Crippen molar-refractivity contribution in [2.75, 3.05) is 6.54 Å². The Labute approximate surface area is 137 Å². The minimum atomic E-state index is -1.14. The van der Waals surface area contributed by atoms with E-state index in [-0.39, 0.29) is 12.5 Å². The van der Waals surface area contributed by atoms with Crippen LogP contribution in [0.3, 0.4) is 0 Å². The number of fused-ring (bicyclic) bond motifs is 1. The third-order valence-corrected chi connectivity index (χ3v) is 5.18. The molecule has 2 heterocycles. The maximum absolute atomic E-state index is 12.3. The Kier molecular flexibility index (Phi) is 3.95. The van der Waals surface area contributed by atoms with Crippen molar-refractivity contribution < 1.29 is 14.4 Å². The number of aryl methyl sites for hydroxylation is 2. The van der Waals surface area contributed by atoms with Gasteiger partial charge in [0.15, 0.2) is 0 Å². The van der Waals surface area contributed by atoms with Gasteiger partial charge in [0.05, 0.1) is 12.2 Å². The van der Waals surface area contributed by atoms with E-state index in [4.69, 9.17) is 4.52 Å². The van der Waals surface area contributed by atoms with E-state index in [0.717, 1.165) is 15.0 Å². The second-order valence-corrected chi connectivity index (χ2v) is 6.89. The predicted molar refractivity (Wildman–Crippen MR) is 89.7 cm³/mol. The second-order valence-electron chi connectivity index (χ2n) is 5.80. The molecule has 2 N–H and O–H groups in total. The first-order chi connectivity index (χ1) is 10.9. The first-order valence-electron chi connectivity index (χ1n) is 7.31. The summed E-state index contributed by atoms with van der Waals surface area (Å²) in [6.07, 6.45) is 0. The first kappa shape index (κ1) is 15.7. The van der Waals surface area contributed by atoms with Gasteiger partial charge in [-0.15, -0.1) is 11.3 Å². The van der Waals surface area contributed by atoms with Crippen molar-refractivity contribution in [1.29, 1.82) is 0 Å². The van der Waals surface area contributed by atoms with E-state index in [9.17, 15) is 9.90 Å². The lowest BCUT2D eigenvalue weighted by molar-refractivity contribution is 0.0556. The van der Waals surface area contributed by atoms with Crippen LogP contribution in [0.15, 0.2) is 34.9 Å². The Bertz CT molecular complexity index is 811. The van der Waals surface area contributed by atoms with Crippen molar-refractivity contribution in [3.8, 4) is 0 Å². The van der Waals surface area contributed by atoms with Crippen LogP contribution in [-0.4, -0.2) is 22.7 Å². The van der Waals surface area contributed by atoms with Gasteiger partial charge in [-0.3, -0.25) is 4.79 Å². The van der Waals surface area contributed by atoms with Crippen molar-refractivity contribution in [3.05, 3.63) is 52.2 Å². The molecule has 1 aromatic carbocycles. The maximum Gasteiger partial charge on any atom is 0.256 e. The average Bonchev–Trinajstić information content (AvgIpc) is 3.09. The highest BCUT2D eigenvalue weighted by molar-refractivity contribution is 7.19. The van der Waals surface area contributed by atoms with E-state index in [0.29, 0.717) is 17.0 Å². The fourth-order valence-electron chi connectivity index (χ4n) is 2.48. The van der Waals surface area contributed by atoms with Gasteiger partial charge in [0, 0.05) is 9.58 Å². The number of carbonyl (C=O) groups is 1. The minimum absolute atomic E-state index is 0.114. The zero-order valence-electron chi connectivity index (χ0n) is 13.2. The van der Waals surface area contributed by atoms with Gasteiger partial charge in [-0.25, -0.2) is 0 Å². The lowest BCUT2D eigenvalue weighted by Gasteiger charge is -2.22. The van der Waals surface area contributed by atoms with Gasteiger partial charge in [0.25, 0.3) is 5.91 Å². The molecule has 3 rings (SSSR count). The van der Waals surface area contributed by atoms with Crippen LogP contribution >= 0.6 is 11.3 Å². The number of aromatic nitrogens is 1. The highest BCUT2D eigenvalue weighted by Gasteiger charge is 2.27. The number of benzene rings is 1. The number of amides is 1. The summed E-state index contributed by atoms with van der Waals surface area (Å²) >= 11 is 1.53. The lowest BCUT2D eigenvalue weighted by Crippen LogP contribution is -2.38. The standard InChI is InChI=1S/C17H18N2O3S/c1-10-15(11(2)22-19-10)16(20)18-9-17(3,21)14-8-12-6-4-5-7-13(12)23-14/h4-8,21H,9H2,1-3H3,(H,18,20). The SMILES string of the molecule is Cc1noc(C)c1C(=O)NCC(C)(O)c1cc2ccccc2s1. The molecule has 1 unspecified atom stereocenters. The van der Waals surface area contributed by atoms with Gasteiger partial charge >= 0.3 is 0 Å². The fourth-order valence-corrected chi connectivity index (χ4v) is 3.59. The zero-order chi connectivity index (χ0) is 16.6. The van der Waals surface area contributed by atoms with Crippen LogP contribution in [0.1, 0.15) is 33.6 Å². The monoisotopic (exact) mass is 330 g/mol. The van der Waals surface area contributed by atoms with Gasteiger partial charge in [-0.2, -0.15) is 0 Å². The molecule has 1 amide bonds. The van der Waals surface area contributed by atoms with E-state index in [1.807, 2.05) is 30.3 Å². The van der Waals surface area contributed by atoms with Crippen LogP contribution in [-0.2, 0) is 5.60 Å². The molecule has 0 spiro atoms. The molecule has 1 atom stereocenters. The van der Waals surface area contributed by atoms with Crippen molar-refractivity contribution >= 4 is 27.3 Å². The van der Waals surface area contributed by atoms with Gasteiger partial charge in [-0.05, 0) is 38.3 Å². The van der Waals surface area contributed by atoms with Crippen LogP contribution < -0.4 is 5.32 Å². The molecule has 0 aliphatic rings. The molecule has 0 aliphatic heterocycles. The summed E-state index contributed by atoms with van der Waals surface area (Å²) in [6.45, 7) is 5.22. The van der Waals surface area contributed by atoms with Crippen LogP contribution in [0.25, 0.3) is 10.1 Å². The number of hydrogen-bond donors (Lipinski definition) is 2. The van der Waals surface area contributed by atoms with Crippen LogP contribution in [0.5, 0.6) is 0 Å². The summed E-state index contributed by atoms with van der Waals surface area (Å²) in [5.74, 6) is 0.184. The molecule has 0 fully saturated rings. The Morgan fingerprint density at radius 3 is 2.78 bits per heavy atom. The molecular weight excluding hydrogens is 312 g/mol. The molecule has 0 aliphatic carbocycles. The fraction of sp³-hybridized carbons (Fsp3) is 0.294. The quantitative estimate of drug-likeness (QED) is 0.770. The third-order valence-electron chi connectivity index (χ3n) is 3.81. The third kappa shape index (κ3) is 3.00. The number of carbonyl (C=O) groups excluding carboxylic acids is 1. The summed E-state index contributed by atoms with van der Waals surface area (Å²) in [5.41, 5.74) is -0.170. The summed E-state index contributed by atoms with van der Waals surface area (Å²) in [5, 5.41) is 18.4. The summed E-state index contributed by atoms with van der Waals surface area (Å²) < 4.78 is 6.11. The van der Waals surface area contributed by atoms with Crippen molar-refractivity contribution in [1.82, 2.24) is 10.5 Å². The highest BCUT2D eigenvalue weighted by Crippen LogP contribution is 2.32. The smallest absolute Gasteiger partial charge is 0.256 e. The molecule has 3 aromatic rings. The van der Waals surface area contributed by atoms with Crippen LogP contribution in [0, 0.1) is 13.8 Å². The number of hydrogen-bond acceptors (Lipinski definition) is 5. The van der Waals surface area contributed by atoms with Gasteiger partial charge < -0.3 is 14.9 Å². The maximum atomic E-state index is 12.3. The highest BCUT2D eigenvalue weighted by atomic mass is 32.1. The lowest BCUT2D eigenvalue weighted by atomic mass is 10.0. The van der Waals surface area contributed by atoms with E-state index < -0.39 is 5.60 Å². The molecule has 6 heteroatoms. The van der Waals surface area contributed by atoms with Gasteiger partial charge in [0.1, 0.15) is 16.9 Å². The molecule has 0 saturated heterocycles. The number of nitrogens with zero attached hydrogens (tertiary/aromatic N) is 1. The molecule has 120 valence electrons. The Hall–Kier alpha value is -2.18. The van der Waals surface area contributed by atoms with E-state index in [1.54, 1.807) is 20.8 Å². The topological polar surface area (TPSA) is 75.4 Å². The van der Waals surface area contributed by atoms with Crippen molar-refractivity contribution in [2.45, 2.75) is 26.4 Å². The number of aliphatic hydroxyl groups is 1. The average molecular weight is 330 g/mol. The summed E-state index contributed by atoms with van der Waals surface area (Å²) in [4.78, 5) is 13.1. The van der Waals surface area contributed by atoms with E-state index in [1.165, 1.54) is 11.3 Å². The minimum Gasteiger partial charge on any atom is -0.383 e. The number of nitrogens with one attached hydrogen (secondary N) is 1. The largest absolute Gasteiger partial charge is 0.383 e. The van der Waals surface area contributed by atoms with Crippen LogP contribution in [0.2, 0.25) is 0 Å². The second kappa shape index (κ2) is 5.79. The Morgan fingerprint density at radius 2 is 2.13 bits per heavy atom. The normalized spacial score (nSPS) is 13.9. The molecule has 23 heavy (non-hydrogen) atoms. The number of thiophene rings is 1. The number of rotatable bonds is 4. The molecule has 2 aromatic heterocycles. The van der Waals surface area contributed by atoms with Gasteiger partial charge in [-0.1, -0.05) is 23.4 Å². The summed E-state index contributed by atoms with van der Waals surface area (Å²) in [6, 6.07) is 9.92. The zero-order valence-corrected chi connectivity index (χ0v) is 14.0. The van der Waals surface area contributed by atoms with Crippen LogP contribution in [0.4, 0.5) is 0 Å². The molecule has 5 nitrogen and oxygen atoms in total. The Balaban J connectivity index is 1.77. The predicted octanol–water partition coefficient (Wildman–Crippen LogP) is 3.14. The molecule has 0 radical (unpaired) electrons. The van der Waals surface area contributed by atoms with E-state index in [2.05, 4.69) is 10.5 Å². The molecule has 0 saturated carbocycles. The molecular formula is C17H18N2O3S. The summed E-state index contributed by atoms with van der Waals surface area (Å²) in [7, 11) is 0. The van der Waals surface area contributed by atoms with Crippen molar-refractivity contribution in [2.24, 2.45) is 0 Å². The van der Waals surface area contributed by atoms with Gasteiger partial charge in [0.2, 0.25) is 0 Å². The molecule has 0 bridgehead atoms. The first-order valence-corrected chi connectivity index (χ1v) is 8.12. The van der Waals surface area contributed by atoms with Crippen molar-refractivity contribution in [3.63, 3.8) is 0 Å². The van der Waals surface area contributed by atoms with E-state index >= 15 is 0 Å².